The Morgan fingerprint density at radius 1 is 1.26 bits per heavy atom. The number of hydrogen-bond donors (Lipinski definition) is 3. The van der Waals surface area contributed by atoms with E-state index in [1.54, 1.807) is 7.11 Å². The van der Waals surface area contributed by atoms with E-state index < -0.39 is 0 Å². The molecule has 3 N–H and O–H groups in total. The Kier molecular flexibility index (Phi) is 6.59. The van der Waals surface area contributed by atoms with Gasteiger partial charge in [0.2, 0.25) is 0 Å². The fourth-order valence-electron chi connectivity index (χ4n) is 3.37. The fraction of sp³-hybridized carbons (Fsp3) is 0.765. The quantitative estimate of drug-likeness (QED) is 0.715. The minimum absolute atomic E-state index is 0.0811. The van der Waals surface area contributed by atoms with Crippen LogP contribution in [-0.2, 0) is 4.74 Å². The molecule has 0 aliphatic heterocycles. The van der Waals surface area contributed by atoms with Gasteiger partial charge < -0.3 is 20.3 Å². The van der Waals surface area contributed by atoms with Crippen LogP contribution in [0.5, 0.6) is 5.75 Å². The highest BCUT2D eigenvalue weighted by Crippen LogP contribution is 2.35. The summed E-state index contributed by atoms with van der Waals surface area (Å²) >= 11 is 0. The van der Waals surface area contributed by atoms with Crippen molar-refractivity contribution >= 4 is 5.82 Å². The Bertz CT molecular complexity index is 490. The van der Waals surface area contributed by atoms with E-state index in [2.05, 4.69) is 22.2 Å². The predicted molar refractivity (Wildman–Crippen MR) is 89.4 cm³/mol. The fourth-order valence-corrected chi connectivity index (χ4v) is 3.37. The summed E-state index contributed by atoms with van der Waals surface area (Å²) in [6, 6.07) is 0.319. The summed E-state index contributed by atoms with van der Waals surface area (Å²) in [5.74, 6) is 1.83. The average molecular weight is 323 g/mol. The first-order valence-electron chi connectivity index (χ1n) is 8.50. The number of rotatable bonds is 7. The molecule has 1 aliphatic rings. The van der Waals surface area contributed by atoms with E-state index in [1.165, 1.54) is 6.33 Å². The molecule has 0 saturated heterocycles. The Morgan fingerprint density at radius 3 is 2.57 bits per heavy atom. The van der Waals surface area contributed by atoms with Gasteiger partial charge in [-0.3, -0.25) is 0 Å². The van der Waals surface area contributed by atoms with E-state index in [4.69, 9.17) is 9.84 Å². The number of nitrogens with one attached hydrogen (secondary N) is 1. The van der Waals surface area contributed by atoms with E-state index >= 15 is 0 Å². The zero-order valence-corrected chi connectivity index (χ0v) is 14.3. The largest absolute Gasteiger partial charge is 0.503 e. The number of hydrogen-bond acceptors (Lipinski definition) is 6. The van der Waals surface area contributed by atoms with Crippen molar-refractivity contribution in [3.63, 3.8) is 0 Å². The maximum absolute atomic E-state index is 10.3. The Morgan fingerprint density at radius 2 is 1.96 bits per heavy atom. The number of nitrogens with zero attached hydrogens (tertiary/aromatic N) is 2. The molecular weight excluding hydrogens is 294 g/mol. The molecule has 1 aromatic rings. The molecule has 1 aromatic heterocycles. The normalized spacial score (nSPS) is 24.2. The number of ether oxygens (including phenoxy) is 1. The Labute approximate surface area is 138 Å². The second kappa shape index (κ2) is 8.45. The van der Waals surface area contributed by atoms with Crippen LogP contribution >= 0.6 is 0 Å². The van der Waals surface area contributed by atoms with E-state index in [-0.39, 0.29) is 18.5 Å². The third-order valence-electron chi connectivity index (χ3n) is 5.09. The molecule has 2 rings (SSSR count). The molecule has 6 nitrogen and oxygen atoms in total. The maximum Gasteiger partial charge on any atom is 0.182 e. The summed E-state index contributed by atoms with van der Waals surface area (Å²) in [5, 5.41) is 22.8. The van der Waals surface area contributed by atoms with E-state index in [0.717, 1.165) is 32.1 Å². The van der Waals surface area contributed by atoms with Gasteiger partial charge in [-0.05, 0) is 50.9 Å². The molecule has 130 valence electrons. The van der Waals surface area contributed by atoms with Crippen LogP contribution in [0.1, 0.15) is 57.7 Å². The number of methoxy groups -OCH3 is 1. The molecule has 0 spiro atoms. The summed E-state index contributed by atoms with van der Waals surface area (Å²) in [6.07, 6.45) is 6.47. The van der Waals surface area contributed by atoms with Gasteiger partial charge in [0.1, 0.15) is 18.1 Å². The van der Waals surface area contributed by atoms with Crippen LogP contribution in [-0.4, -0.2) is 39.9 Å². The lowest BCUT2D eigenvalue weighted by atomic mass is 9.78. The first-order valence-corrected chi connectivity index (χ1v) is 8.50. The number of aliphatic hydroxyl groups is 1. The summed E-state index contributed by atoms with van der Waals surface area (Å²) < 4.78 is 5.23. The van der Waals surface area contributed by atoms with Gasteiger partial charge in [0.15, 0.2) is 11.6 Å². The topological polar surface area (TPSA) is 87.5 Å². The van der Waals surface area contributed by atoms with E-state index in [9.17, 15) is 5.11 Å². The monoisotopic (exact) mass is 323 g/mol. The van der Waals surface area contributed by atoms with Crippen molar-refractivity contribution in [1.82, 2.24) is 9.97 Å². The van der Waals surface area contributed by atoms with Gasteiger partial charge in [0.25, 0.3) is 0 Å². The molecule has 1 heterocycles. The highest BCUT2D eigenvalue weighted by Gasteiger charge is 2.26. The molecule has 1 saturated carbocycles. The number of aliphatic hydroxyl groups excluding tert-OH is 1. The zero-order valence-electron chi connectivity index (χ0n) is 14.3. The van der Waals surface area contributed by atoms with Crippen molar-refractivity contribution in [2.45, 2.75) is 58.1 Å². The highest BCUT2D eigenvalue weighted by molar-refractivity contribution is 5.52. The summed E-state index contributed by atoms with van der Waals surface area (Å²) in [6.45, 7) is 4.34. The summed E-state index contributed by atoms with van der Waals surface area (Å²) in [7, 11) is 1.59. The van der Waals surface area contributed by atoms with Gasteiger partial charge in [-0.2, -0.15) is 0 Å². The van der Waals surface area contributed by atoms with Crippen molar-refractivity contribution in [3.05, 3.63) is 12.0 Å². The minimum atomic E-state index is -0.270. The summed E-state index contributed by atoms with van der Waals surface area (Å²) in [5.41, 5.74) is 0.509. The van der Waals surface area contributed by atoms with E-state index in [0.29, 0.717) is 29.4 Å². The molecule has 6 heteroatoms. The third kappa shape index (κ3) is 4.54. The van der Waals surface area contributed by atoms with Crippen molar-refractivity contribution in [3.8, 4) is 5.75 Å². The van der Waals surface area contributed by atoms with Crippen LogP contribution in [0.2, 0.25) is 0 Å². The molecule has 0 amide bonds. The SMILES string of the molecule is COC(C)c1ncnc(NC2CCC(C(C)CCO)CC2)c1O. The molecule has 0 radical (unpaired) electrons. The lowest BCUT2D eigenvalue weighted by Crippen LogP contribution is -2.29. The second-order valence-corrected chi connectivity index (χ2v) is 6.58. The average Bonchev–Trinajstić information content (AvgIpc) is 2.57. The van der Waals surface area contributed by atoms with Crippen LogP contribution in [0.3, 0.4) is 0 Å². The second-order valence-electron chi connectivity index (χ2n) is 6.58. The summed E-state index contributed by atoms with van der Waals surface area (Å²) in [4.78, 5) is 8.28. The van der Waals surface area contributed by atoms with Crippen LogP contribution in [0.25, 0.3) is 0 Å². The highest BCUT2D eigenvalue weighted by atomic mass is 16.5. The predicted octanol–water partition coefficient (Wildman–Crippen LogP) is 2.88. The molecule has 1 aliphatic carbocycles. The van der Waals surface area contributed by atoms with Gasteiger partial charge in [-0.25, -0.2) is 9.97 Å². The van der Waals surface area contributed by atoms with Crippen molar-refractivity contribution in [2.75, 3.05) is 19.0 Å². The minimum Gasteiger partial charge on any atom is -0.503 e. The van der Waals surface area contributed by atoms with Crippen molar-refractivity contribution in [2.24, 2.45) is 11.8 Å². The molecule has 2 unspecified atom stereocenters. The van der Waals surface area contributed by atoms with E-state index in [1.807, 2.05) is 6.92 Å². The van der Waals surface area contributed by atoms with Crippen LogP contribution in [0.4, 0.5) is 5.82 Å². The van der Waals surface area contributed by atoms with Crippen molar-refractivity contribution in [1.29, 1.82) is 0 Å². The Hall–Kier alpha value is -1.40. The van der Waals surface area contributed by atoms with Crippen LogP contribution in [0.15, 0.2) is 6.33 Å². The lowest BCUT2D eigenvalue weighted by Gasteiger charge is -2.33. The third-order valence-corrected chi connectivity index (χ3v) is 5.09. The zero-order chi connectivity index (χ0) is 16.8. The number of aromatic nitrogens is 2. The molecule has 2 atom stereocenters. The van der Waals surface area contributed by atoms with Crippen molar-refractivity contribution < 1.29 is 14.9 Å². The standard InChI is InChI=1S/C17H29N3O3/c1-11(8-9-21)13-4-6-14(7-5-13)20-17-16(22)15(12(2)23-3)18-10-19-17/h10-14,21-22H,4-9H2,1-3H3,(H,18,19,20). The molecule has 0 aromatic carbocycles. The first-order chi connectivity index (χ1) is 11.1. The van der Waals surface area contributed by atoms with Gasteiger partial charge in [0.05, 0.1) is 0 Å². The molecule has 0 bridgehead atoms. The van der Waals surface area contributed by atoms with Crippen LogP contribution < -0.4 is 5.32 Å². The molecule has 1 fully saturated rings. The maximum atomic E-state index is 10.3. The molecular formula is C17H29N3O3. The van der Waals surface area contributed by atoms with Crippen LogP contribution in [0, 0.1) is 11.8 Å². The number of anilines is 1. The lowest BCUT2D eigenvalue weighted by molar-refractivity contribution is 0.113. The Balaban J connectivity index is 1.94. The number of aromatic hydroxyl groups is 1. The van der Waals surface area contributed by atoms with Gasteiger partial charge >= 0.3 is 0 Å². The van der Waals surface area contributed by atoms with Gasteiger partial charge in [-0.15, -0.1) is 0 Å². The first kappa shape index (κ1) is 17.9. The van der Waals surface area contributed by atoms with Gasteiger partial charge in [0, 0.05) is 19.8 Å². The smallest absolute Gasteiger partial charge is 0.182 e. The molecule has 23 heavy (non-hydrogen) atoms. The van der Waals surface area contributed by atoms with Gasteiger partial charge in [-0.1, -0.05) is 6.92 Å².